The number of esters is 1. The molecule has 0 saturated heterocycles. The average molecular weight is 215 g/mol. The van der Waals surface area contributed by atoms with Gasteiger partial charge in [0.1, 0.15) is 12.8 Å². The van der Waals surface area contributed by atoms with Gasteiger partial charge in [-0.2, -0.15) is 0 Å². The molecule has 0 radical (unpaired) electrons. The summed E-state index contributed by atoms with van der Waals surface area (Å²) in [4.78, 5) is 14.6. The molecular weight excluding hydrogens is 198 g/mol. The fourth-order valence-electron chi connectivity index (χ4n) is 0.723. The van der Waals surface area contributed by atoms with E-state index in [0.717, 1.165) is 0 Å². The highest BCUT2D eigenvalue weighted by atomic mass is 16.6. The van der Waals surface area contributed by atoms with Gasteiger partial charge in [0.25, 0.3) is 0 Å². The lowest BCUT2D eigenvalue weighted by molar-refractivity contribution is -0.141. The Labute approximate surface area is 88.9 Å². The van der Waals surface area contributed by atoms with Crippen molar-refractivity contribution in [1.82, 2.24) is 0 Å². The van der Waals surface area contributed by atoms with Crippen molar-refractivity contribution in [2.45, 2.75) is 20.1 Å². The fourth-order valence-corrected chi connectivity index (χ4v) is 0.723. The molecule has 1 atom stereocenters. The van der Waals surface area contributed by atoms with Gasteiger partial charge in [-0.15, -0.1) is 0 Å². The predicted octanol–water partition coefficient (Wildman–Crippen LogP) is -0.258. The van der Waals surface area contributed by atoms with Gasteiger partial charge in [0.05, 0.1) is 6.61 Å². The number of rotatable bonds is 6. The highest BCUT2D eigenvalue weighted by Gasteiger charge is 2.03. The smallest absolute Gasteiger partial charge is 0.333 e. The van der Waals surface area contributed by atoms with Crippen LogP contribution in [0.5, 0.6) is 0 Å². The molecule has 0 fully saturated rings. The standard InChI is InChI=1S/C9H17N3O3/c1-6(2)8(13)15-5-4-14-7(3)12-9(10)11/h7H,1,4-5H2,2-3H3,(H4,10,11,12). The lowest BCUT2D eigenvalue weighted by Crippen LogP contribution is -2.26. The largest absolute Gasteiger partial charge is 0.460 e. The first-order chi connectivity index (χ1) is 6.93. The Morgan fingerprint density at radius 3 is 2.53 bits per heavy atom. The number of guanidine groups is 1. The van der Waals surface area contributed by atoms with Crippen LogP contribution in [0, 0.1) is 0 Å². The Bertz CT molecular complexity index is 259. The average Bonchev–Trinajstić information content (AvgIpc) is 2.10. The number of hydrogen-bond acceptors (Lipinski definition) is 4. The van der Waals surface area contributed by atoms with E-state index in [4.69, 9.17) is 20.9 Å². The molecule has 1 unspecified atom stereocenters. The molecule has 0 bridgehead atoms. The maximum absolute atomic E-state index is 10.9. The molecule has 0 aliphatic carbocycles. The summed E-state index contributed by atoms with van der Waals surface area (Å²) >= 11 is 0. The van der Waals surface area contributed by atoms with Crippen LogP contribution >= 0.6 is 0 Å². The second-order valence-electron chi connectivity index (χ2n) is 2.94. The first-order valence-corrected chi connectivity index (χ1v) is 4.46. The molecule has 0 aliphatic rings. The minimum Gasteiger partial charge on any atom is -0.460 e. The van der Waals surface area contributed by atoms with Crippen LogP contribution < -0.4 is 11.5 Å². The van der Waals surface area contributed by atoms with Crippen molar-refractivity contribution >= 4 is 11.9 Å². The topological polar surface area (TPSA) is 99.9 Å². The van der Waals surface area contributed by atoms with E-state index in [9.17, 15) is 4.79 Å². The Morgan fingerprint density at radius 2 is 2.07 bits per heavy atom. The van der Waals surface area contributed by atoms with Gasteiger partial charge >= 0.3 is 5.97 Å². The molecule has 6 heteroatoms. The normalized spacial score (nSPS) is 11.6. The van der Waals surface area contributed by atoms with E-state index in [2.05, 4.69) is 11.6 Å². The van der Waals surface area contributed by atoms with Gasteiger partial charge < -0.3 is 20.9 Å². The molecule has 0 amide bonds. The van der Waals surface area contributed by atoms with E-state index in [1.807, 2.05) is 0 Å². The molecule has 4 N–H and O–H groups in total. The molecule has 86 valence electrons. The Hall–Kier alpha value is -1.56. The number of aliphatic imine (C=N–C) groups is 1. The van der Waals surface area contributed by atoms with Crippen LogP contribution in [0.25, 0.3) is 0 Å². The summed E-state index contributed by atoms with van der Waals surface area (Å²) in [5.41, 5.74) is 10.6. The Kier molecular flexibility index (Phi) is 6.12. The number of carbonyl (C=O) groups is 1. The van der Waals surface area contributed by atoms with Crippen molar-refractivity contribution in [3.05, 3.63) is 12.2 Å². The molecule has 15 heavy (non-hydrogen) atoms. The lowest BCUT2D eigenvalue weighted by Gasteiger charge is -2.09. The summed E-state index contributed by atoms with van der Waals surface area (Å²) in [5, 5.41) is 0. The minimum atomic E-state index is -0.446. The number of nitrogens with zero attached hydrogens (tertiary/aromatic N) is 1. The number of ether oxygens (including phenoxy) is 2. The van der Waals surface area contributed by atoms with Gasteiger partial charge in [0, 0.05) is 5.57 Å². The van der Waals surface area contributed by atoms with Crippen molar-refractivity contribution in [1.29, 1.82) is 0 Å². The maximum atomic E-state index is 10.9. The van der Waals surface area contributed by atoms with Gasteiger partial charge in [0.15, 0.2) is 5.96 Å². The third-order valence-corrected chi connectivity index (χ3v) is 1.35. The van der Waals surface area contributed by atoms with E-state index in [1.54, 1.807) is 13.8 Å². The Morgan fingerprint density at radius 1 is 1.47 bits per heavy atom. The highest BCUT2D eigenvalue weighted by molar-refractivity contribution is 5.86. The quantitative estimate of drug-likeness (QED) is 0.209. The highest BCUT2D eigenvalue weighted by Crippen LogP contribution is 1.94. The van der Waals surface area contributed by atoms with Gasteiger partial charge in [0.2, 0.25) is 0 Å². The number of hydrogen-bond donors (Lipinski definition) is 2. The Balaban J connectivity index is 3.59. The summed E-state index contributed by atoms with van der Waals surface area (Å²) in [7, 11) is 0. The van der Waals surface area contributed by atoms with Crippen molar-refractivity contribution in [3.63, 3.8) is 0 Å². The SMILES string of the molecule is C=C(C)C(=O)OCCOC(C)N=C(N)N. The molecule has 0 rings (SSSR count). The number of carbonyl (C=O) groups excluding carboxylic acids is 1. The molecule has 0 spiro atoms. The maximum Gasteiger partial charge on any atom is 0.333 e. The third kappa shape index (κ3) is 7.51. The van der Waals surface area contributed by atoms with Gasteiger partial charge in [-0.3, -0.25) is 0 Å². The summed E-state index contributed by atoms with van der Waals surface area (Å²) in [6.07, 6.45) is -0.446. The lowest BCUT2D eigenvalue weighted by atomic mass is 10.4. The zero-order chi connectivity index (χ0) is 11.8. The first kappa shape index (κ1) is 13.4. The summed E-state index contributed by atoms with van der Waals surface area (Å²) in [6.45, 7) is 7.08. The fraction of sp³-hybridized carbons (Fsp3) is 0.556. The molecule has 0 aromatic heterocycles. The van der Waals surface area contributed by atoms with Crippen LogP contribution in [0.1, 0.15) is 13.8 Å². The van der Waals surface area contributed by atoms with Crippen LogP contribution in [-0.2, 0) is 14.3 Å². The molecule has 6 nitrogen and oxygen atoms in total. The van der Waals surface area contributed by atoms with Gasteiger partial charge in [-0.05, 0) is 13.8 Å². The van der Waals surface area contributed by atoms with Crippen molar-refractivity contribution < 1.29 is 14.3 Å². The second-order valence-corrected chi connectivity index (χ2v) is 2.94. The second kappa shape index (κ2) is 6.83. The third-order valence-electron chi connectivity index (χ3n) is 1.35. The van der Waals surface area contributed by atoms with Crippen molar-refractivity contribution in [2.24, 2.45) is 16.5 Å². The number of nitrogens with two attached hydrogens (primary N) is 2. The van der Waals surface area contributed by atoms with E-state index < -0.39 is 12.2 Å². The molecule has 0 saturated carbocycles. The molecular formula is C9H17N3O3. The van der Waals surface area contributed by atoms with Gasteiger partial charge in [-0.25, -0.2) is 9.79 Å². The van der Waals surface area contributed by atoms with Crippen LogP contribution in [0.15, 0.2) is 17.1 Å². The van der Waals surface area contributed by atoms with E-state index in [1.165, 1.54) is 0 Å². The summed E-state index contributed by atoms with van der Waals surface area (Å²) in [6, 6.07) is 0. The summed E-state index contributed by atoms with van der Waals surface area (Å²) < 4.78 is 9.91. The van der Waals surface area contributed by atoms with Crippen LogP contribution in [0.2, 0.25) is 0 Å². The van der Waals surface area contributed by atoms with Crippen molar-refractivity contribution in [2.75, 3.05) is 13.2 Å². The van der Waals surface area contributed by atoms with Crippen LogP contribution in [0.4, 0.5) is 0 Å². The molecule has 0 aliphatic heterocycles. The van der Waals surface area contributed by atoms with E-state index in [-0.39, 0.29) is 19.2 Å². The minimum absolute atomic E-state index is 0.0403. The van der Waals surface area contributed by atoms with Crippen LogP contribution in [0.3, 0.4) is 0 Å². The summed E-state index contributed by atoms with van der Waals surface area (Å²) in [5.74, 6) is -0.477. The molecule has 0 aromatic rings. The monoisotopic (exact) mass is 215 g/mol. The zero-order valence-corrected chi connectivity index (χ0v) is 9.03. The molecule has 0 aromatic carbocycles. The first-order valence-electron chi connectivity index (χ1n) is 4.46. The molecule has 0 heterocycles. The van der Waals surface area contributed by atoms with Crippen LogP contribution in [-0.4, -0.2) is 31.4 Å². The van der Waals surface area contributed by atoms with Gasteiger partial charge in [-0.1, -0.05) is 6.58 Å². The van der Waals surface area contributed by atoms with E-state index in [0.29, 0.717) is 5.57 Å². The zero-order valence-electron chi connectivity index (χ0n) is 9.03. The predicted molar refractivity (Wildman–Crippen MR) is 57.0 cm³/mol. The van der Waals surface area contributed by atoms with E-state index >= 15 is 0 Å². The van der Waals surface area contributed by atoms with Crippen molar-refractivity contribution in [3.8, 4) is 0 Å².